The maximum absolute atomic E-state index is 13.6. The zero-order valence-corrected chi connectivity index (χ0v) is 18.0. The van der Waals surface area contributed by atoms with Gasteiger partial charge < -0.3 is 5.32 Å². The van der Waals surface area contributed by atoms with Gasteiger partial charge in [-0.1, -0.05) is 32.6 Å². The predicted molar refractivity (Wildman–Crippen MR) is 113 cm³/mol. The molecular formula is C22H37N5O2. The molecule has 1 aromatic heterocycles. The number of likely N-dealkylation sites (tertiary alicyclic amines) is 1. The SMILES string of the molecule is CCCn1nc2n(c1=O)CCC(NC(=O)C1(N3CCCCC3)CCCCC1)CC2. The smallest absolute Gasteiger partial charge is 0.345 e. The first-order valence-corrected chi connectivity index (χ1v) is 11.9. The van der Waals surface area contributed by atoms with Crippen molar-refractivity contribution in [1.29, 1.82) is 0 Å². The molecule has 7 heteroatoms. The van der Waals surface area contributed by atoms with Crippen LogP contribution in [0.15, 0.2) is 4.79 Å². The van der Waals surface area contributed by atoms with E-state index in [2.05, 4.69) is 22.2 Å². The molecule has 3 aliphatic rings. The van der Waals surface area contributed by atoms with Crippen LogP contribution < -0.4 is 11.0 Å². The molecule has 1 atom stereocenters. The van der Waals surface area contributed by atoms with E-state index in [-0.39, 0.29) is 23.2 Å². The number of nitrogens with zero attached hydrogens (tertiary/aromatic N) is 4. The van der Waals surface area contributed by atoms with E-state index in [0.717, 1.165) is 70.3 Å². The van der Waals surface area contributed by atoms with Crippen molar-refractivity contribution in [3.05, 3.63) is 16.3 Å². The van der Waals surface area contributed by atoms with Crippen LogP contribution in [0.1, 0.15) is 83.4 Å². The standard InChI is InChI=1S/C22H37N5O2/c1-2-14-27-21(29)26-17-11-18(9-10-19(26)24-27)23-20(28)22(12-5-3-6-13-22)25-15-7-4-8-16-25/h18H,2-17H2,1H3,(H,23,28). The number of aromatic nitrogens is 3. The zero-order valence-electron chi connectivity index (χ0n) is 18.0. The molecule has 2 fully saturated rings. The molecule has 0 bridgehead atoms. The van der Waals surface area contributed by atoms with Gasteiger partial charge in [-0.15, -0.1) is 0 Å². The van der Waals surface area contributed by atoms with E-state index in [0.29, 0.717) is 13.1 Å². The first kappa shape index (κ1) is 20.6. The summed E-state index contributed by atoms with van der Waals surface area (Å²) in [6.45, 7) is 5.51. The molecule has 4 rings (SSSR count). The van der Waals surface area contributed by atoms with Crippen LogP contribution in [-0.2, 0) is 24.3 Å². The van der Waals surface area contributed by atoms with Crippen LogP contribution in [0.3, 0.4) is 0 Å². The monoisotopic (exact) mass is 403 g/mol. The van der Waals surface area contributed by atoms with Crippen LogP contribution in [0.4, 0.5) is 0 Å². The van der Waals surface area contributed by atoms with Gasteiger partial charge in [0.25, 0.3) is 0 Å². The maximum atomic E-state index is 13.6. The van der Waals surface area contributed by atoms with Crippen LogP contribution in [0.25, 0.3) is 0 Å². The fourth-order valence-electron chi connectivity index (χ4n) is 5.60. The Labute approximate surface area is 173 Å². The molecule has 1 aromatic rings. The molecule has 7 nitrogen and oxygen atoms in total. The lowest BCUT2D eigenvalue weighted by molar-refractivity contribution is -0.138. The summed E-state index contributed by atoms with van der Waals surface area (Å²) in [6, 6.07) is 0.131. The minimum absolute atomic E-state index is 0.00546. The molecule has 1 saturated carbocycles. The van der Waals surface area contributed by atoms with Crippen LogP contribution >= 0.6 is 0 Å². The summed E-state index contributed by atoms with van der Waals surface area (Å²) in [6.07, 6.45) is 12.6. The normalized spacial score (nSPS) is 25.2. The lowest BCUT2D eigenvalue weighted by Crippen LogP contribution is -2.62. The van der Waals surface area contributed by atoms with Crippen molar-refractivity contribution in [1.82, 2.24) is 24.6 Å². The Morgan fingerprint density at radius 1 is 1.07 bits per heavy atom. The average molecular weight is 404 g/mol. The van der Waals surface area contributed by atoms with Crippen molar-refractivity contribution in [2.75, 3.05) is 13.1 Å². The van der Waals surface area contributed by atoms with E-state index in [1.807, 2.05) is 4.57 Å². The summed E-state index contributed by atoms with van der Waals surface area (Å²) >= 11 is 0. The van der Waals surface area contributed by atoms with Crippen molar-refractivity contribution in [3.8, 4) is 0 Å². The van der Waals surface area contributed by atoms with Crippen molar-refractivity contribution >= 4 is 5.91 Å². The maximum Gasteiger partial charge on any atom is 0.345 e. The molecule has 1 unspecified atom stereocenters. The molecular weight excluding hydrogens is 366 g/mol. The van der Waals surface area contributed by atoms with Crippen LogP contribution in [0.5, 0.6) is 0 Å². The van der Waals surface area contributed by atoms with E-state index in [9.17, 15) is 9.59 Å². The van der Waals surface area contributed by atoms with Gasteiger partial charge in [0.15, 0.2) is 0 Å². The van der Waals surface area contributed by atoms with Gasteiger partial charge >= 0.3 is 5.69 Å². The molecule has 1 amide bonds. The van der Waals surface area contributed by atoms with Crippen molar-refractivity contribution < 1.29 is 4.79 Å². The Morgan fingerprint density at radius 3 is 2.52 bits per heavy atom. The largest absolute Gasteiger partial charge is 0.352 e. The fraction of sp³-hybridized carbons (Fsp3) is 0.864. The van der Waals surface area contributed by atoms with E-state index >= 15 is 0 Å². The van der Waals surface area contributed by atoms with Crippen molar-refractivity contribution in [2.45, 2.75) is 109 Å². The fourth-order valence-corrected chi connectivity index (χ4v) is 5.60. The lowest BCUT2D eigenvalue weighted by Gasteiger charge is -2.47. The van der Waals surface area contributed by atoms with Gasteiger partial charge in [0.1, 0.15) is 11.4 Å². The van der Waals surface area contributed by atoms with Crippen LogP contribution in [-0.4, -0.2) is 49.8 Å². The number of piperidine rings is 1. The number of amides is 1. The predicted octanol–water partition coefficient (Wildman–Crippen LogP) is 2.46. The third-order valence-corrected chi connectivity index (χ3v) is 7.25. The molecule has 1 N–H and O–H groups in total. The second kappa shape index (κ2) is 9.02. The highest BCUT2D eigenvalue weighted by Gasteiger charge is 2.45. The van der Waals surface area contributed by atoms with Gasteiger partial charge in [-0.25, -0.2) is 9.48 Å². The van der Waals surface area contributed by atoms with Gasteiger partial charge in [-0.3, -0.25) is 14.3 Å². The molecule has 1 saturated heterocycles. The zero-order chi connectivity index (χ0) is 20.3. The van der Waals surface area contributed by atoms with Crippen molar-refractivity contribution in [3.63, 3.8) is 0 Å². The average Bonchev–Trinajstić information content (AvgIpc) is 2.92. The number of carbonyl (C=O) groups excluding carboxylic acids is 1. The molecule has 0 spiro atoms. The number of hydrogen-bond acceptors (Lipinski definition) is 4. The quantitative estimate of drug-likeness (QED) is 0.820. The molecule has 162 valence electrons. The number of aryl methyl sites for hydroxylation is 2. The second-order valence-electron chi connectivity index (χ2n) is 9.21. The lowest BCUT2D eigenvalue weighted by atomic mass is 9.78. The Bertz CT molecular complexity index is 756. The number of hydrogen-bond donors (Lipinski definition) is 1. The molecule has 29 heavy (non-hydrogen) atoms. The summed E-state index contributed by atoms with van der Waals surface area (Å²) in [5.74, 6) is 1.12. The Balaban J connectivity index is 1.44. The summed E-state index contributed by atoms with van der Waals surface area (Å²) in [4.78, 5) is 28.6. The first-order valence-electron chi connectivity index (χ1n) is 11.9. The minimum Gasteiger partial charge on any atom is -0.352 e. The number of nitrogens with one attached hydrogen (secondary N) is 1. The Hall–Kier alpha value is -1.63. The van der Waals surface area contributed by atoms with Gasteiger partial charge in [0, 0.05) is 25.6 Å². The number of fused-ring (bicyclic) bond motifs is 1. The topological polar surface area (TPSA) is 72.2 Å². The van der Waals surface area contributed by atoms with Crippen LogP contribution in [0, 0.1) is 0 Å². The summed E-state index contributed by atoms with van der Waals surface area (Å²) in [7, 11) is 0. The Morgan fingerprint density at radius 2 is 1.79 bits per heavy atom. The third-order valence-electron chi connectivity index (χ3n) is 7.25. The van der Waals surface area contributed by atoms with E-state index in [1.165, 1.54) is 25.7 Å². The van der Waals surface area contributed by atoms with Gasteiger partial charge in [-0.05, 0) is 58.0 Å². The molecule has 3 heterocycles. The van der Waals surface area contributed by atoms with Crippen LogP contribution in [0.2, 0.25) is 0 Å². The highest BCUT2D eigenvalue weighted by atomic mass is 16.2. The molecule has 1 aliphatic carbocycles. The van der Waals surface area contributed by atoms with E-state index < -0.39 is 0 Å². The number of rotatable bonds is 5. The molecule has 2 aliphatic heterocycles. The third kappa shape index (κ3) is 4.16. The number of carbonyl (C=O) groups is 1. The summed E-state index contributed by atoms with van der Waals surface area (Å²) in [5.41, 5.74) is -0.294. The van der Waals surface area contributed by atoms with E-state index in [1.54, 1.807) is 4.68 Å². The Kier molecular flexibility index (Phi) is 6.42. The van der Waals surface area contributed by atoms with Gasteiger partial charge in [-0.2, -0.15) is 5.10 Å². The first-order chi connectivity index (χ1) is 14.1. The van der Waals surface area contributed by atoms with Crippen molar-refractivity contribution in [2.24, 2.45) is 0 Å². The summed E-state index contributed by atoms with van der Waals surface area (Å²) < 4.78 is 3.42. The highest BCUT2D eigenvalue weighted by molar-refractivity contribution is 5.86. The second-order valence-corrected chi connectivity index (χ2v) is 9.21. The van der Waals surface area contributed by atoms with Gasteiger partial charge in [0.05, 0.1) is 0 Å². The van der Waals surface area contributed by atoms with E-state index in [4.69, 9.17) is 0 Å². The molecule has 0 radical (unpaired) electrons. The summed E-state index contributed by atoms with van der Waals surface area (Å²) in [5, 5.41) is 7.96. The molecule has 0 aromatic carbocycles. The van der Waals surface area contributed by atoms with Gasteiger partial charge in [0.2, 0.25) is 5.91 Å². The minimum atomic E-state index is -0.299. The highest BCUT2D eigenvalue weighted by Crippen LogP contribution is 2.36.